The van der Waals surface area contributed by atoms with Crippen molar-refractivity contribution >= 4 is 44.8 Å². The number of nitrogens with zero attached hydrogens (tertiary/aromatic N) is 3. The van der Waals surface area contributed by atoms with Gasteiger partial charge >= 0.3 is 0 Å². The molecule has 2 bridgehead atoms. The van der Waals surface area contributed by atoms with Crippen molar-refractivity contribution in [2.45, 2.75) is 62.8 Å². The van der Waals surface area contributed by atoms with Gasteiger partial charge in [-0.05, 0) is 74.6 Å². The van der Waals surface area contributed by atoms with Crippen molar-refractivity contribution in [3.63, 3.8) is 0 Å². The first-order valence-corrected chi connectivity index (χ1v) is 14.7. The van der Waals surface area contributed by atoms with E-state index >= 15 is 0 Å². The maximum atomic E-state index is 14.6. The van der Waals surface area contributed by atoms with Gasteiger partial charge in [0.15, 0.2) is 5.82 Å². The molecule has 0 spiro atoms. The van der Waals surface area contributed by atoms with E-state index < -0.39 is 11.4 Å². The highest BCUT2D eigenvalue weighted by atomic mass is 35.5. The van der Waals surface area contributed by atoms with Gasteiger partial charge in [0.1, 0.15) is 27.6 Å². The minimum atomic E-state index is -1.13. The van der Waals surface area contributed by atoms with Crippen LogP contribution in [0.25, 0.3) is 21.5 Å². The van der Waals surface area contributed by atoms with Crippen LogP contribution in [0.3, 0.4) is 0 Å². The number of nitriles is 1. The van der Waals surface area contributed by atoms with Crippen molar-refractivity contribution in [3.8, 4) is 17.3 Å². The Morgan fingerprint density at radius 1 is 1.15 bits per heavy atom. The molecule has 200 valence electrons. The number of thiazole rings is 1. The average Bonchev–Trinajstić information content (AvgIpc) is 3.49. The molecule has 7 rings (SSSR count). The van der Waals surface area contributed by atoms with E-state index in [1.807, 2.05) is 6.07 Å². The second-order valence-electron chi connectivity index (χ2n) is 10.9. The molecule has 39 heavy (non-hydrogen) atoms. The number of aromatic nitrogens is 2. The molecule has 3 fully saturated rings. The molecule has 4 aromatic rings. The van der Waals surface area contributed by atoms with E-state index in [9.17, 15) is 14.8 Å². The summed E-state index contributed by atoms with van der Waals surface area (Å²) in [6.07, 6.45) is 5.08. The molecule has 2 unspecified atom stereocenters. The number of hydrogen-bond acceptors (Lipinski definition) is 7. The molecule has 2 aromatic carbocycles. The first-order valence-electron chi connectivity index (χ1n) is 13.1. The lowest BCUT2D eigenvalue weighted by atomic mass is 9.73. The summed E-state index contributed by atoms with van der Waals surface area (Å²) in [7, 11) is 0. The second-order valence-corrected chi connectivity index (χ2v) is 12.7. The summed E-state index contributed by atoms with van der Waals surface area (Å²) < 4.78 is 27.5. The van der Waals surface area contributed by atoms with Crippen molar-refractivity contribution in [1.82, 2.24) is 10.1 Å². The Hall–Kier alpha value is -2.54. The molecule has 3 aliphatic rings. The summed E-state index contributed by atoms with van der Waals surface area (Å²) in [5.41, 5.74) is 1.49. The van der Waals surface area contributed by atoms with Gasteiger partial charge in [0, 0.05) is 17.0 Å². The van der Waals surface area contributed by atoms with Gasteiger partial charge in [0.25, 0.3) is 0 Å². The molecular formula is C29H24Cl2FN3O3S. The third kappa shape index (κ3) is 4.18. The molecule has 0 radical (unpaired) electrons. The second kappa shape index (κ2) is 9.53. The van der Waals surface area contributed by atoms with E-state index in [-0.39, 0.29) is 29.0 Å². The molecule has 3 aliphatic carbocycles. The third-order valence-electron chi connectivity index (χ3n) is 8.55. The largest absolute Gasteiger partial charge is 0.382 e. The van der Waals surface area contributed by atoms with Gasteiger partial charge in [-0.25, -0.2) is 9.37 Å². The molecule has 2 aromatic heterocycles. The fraction of sp³-hybridized carbons (Fsp3) is 0.414. The van der Waals surface area contributed by atoms with Gasteiger partial charge in [-0.15, -0.1) is 11.3 Å². The summed E-state index contributed by atoms with van der Waals surface area (Å²) in [6.45, 7) is 0.317. The number of aliphatic hydroxyl groups is 1. The zero-order valence-corrected chi connectivity index (χ0v) is 23.1. The van der Waals surface area contributed by atoms with Gasteiger partial charge in [-0.1, -0.05) is 34.4 Å². The van der Waals surface area contributed by atoms with Gasteiger partial charge in [-0.2, -0.15) is 5.26 Å². The molecule has 10 heteroatoms. The van der Waals surface area contributed by atoms with Gasteiger partial charge in [0.2, 0.25) is 0 Å². The van der Waals surface area contributed by atoms with E-state index in [4.69, 9.17) is 32.5 Å². The first-order chi connectivity index (χ1) is 18.9. The Kier molecular flexibility index (Phi) is 6.22. The van der Waals surface area contributed by atoms with Gasteiger partial charge in [0.05, 0.1) is 39.1 Å². The van der Waals surface area contributed by atoms with Crippen molar-refractivity contribution < 1.29 is 18.8 Å². The number of rotatable bonds is 6. The first kappa shape index (κ1) is 25.4. The highest BCUT2D eigenvalue weighted by Crippen LogP contribution is 2.57. The summed E-state index contributed by atoms with van der Waals surface area (Å²) in [6, 6.07) is 10.2. The molecule has 0 saturated heterocycles. The highest BCUT2D eigenvalue weighted by Gasteiger charge is 2.56. The zero-order valence-electron chi connectivity index (χ0n) is 20.8. The molecular weight excluding hydrogens is 560 g/mol. The number of ether oxygens (including phenoxy) is 1. The van der Waals surface area contributed by atoms with Crippen LogP contribution in [0, 0.1) is 29.0 Å². The van der Waals surface area contributed by atoms with Crippen LogP contribution in [0.4, 0.5) is 4.39 Å². The lowest BCUT2D eigenvalue weighted by Crippen LogP contribution is -2.44. The van der Waals surface area contributed by atoms with E-state index in [2.05, 4.69) is 10.1 Å². The Morgan fingerprint density at radius 2 is 1.87 bits per heavy atom. The van der Waals surface area contributed by atoms with Crippen LogP contribution < -0.4 is 0 Å². The van der Waals surface area contributed by atoms with Gasteiger partial charge in [-0.3, -0.25) is 0 Å². The Labute approximate surface area is 238 Å². The van der Waals surface area contributed by atoms with Crippen molar-refractivity contribution in [2.75, 3.05) is 0 Å². The maximum Gasteiger partial charge on any atom is 0.151 e. The Bertz CT molecular complexity index is 1610. The van der Waals surface area contributed by atoms with E-state index in [1.54, 1.807) is 24.3 Å². The van der Waals surface area contributed by atoms with Crippen molar-refractivity contribution in [1.29, 1.82) is 5.26 Å². The minimum absolute atomic E-state index is 0.0526. The van der Waals surface area contributed by atoms with Crippen LogP contribution in [0.2, 0.25) is 10.0 Å². The predicted molar refractivity (Wildman–Crippen MR) is 146 cm³/mol. The monoisotopic (exact) mass is 583 g/mol. The van der Waals surface area contributed by atoms with Gasteiger partial charge < -0.3 is 14.4 Å². The molecule has 6 nitrogen and oxygen atoms in total. The van der Waals surface area contributed by atoms with E-state index in [1.165, 1.54) is 17.4 Å². The number of hydrogen-bond donors (Lipinski definition) is 1. The van der Waals surface area contributed by atoms with Crippen molar-refractivity contribution in [3.05, 3.63) is 68.1 Å². The fourth-order valence-electron chi connectivity index (χ4n) is 6.46. The lowest BCUT2D eigenvalue weighted by molar-refractivity contribution is -0.116. The third-order valence-corrected chi connectivity index (χ3v) is 10.3. The topological polar surface area (TPSA) is 92.2 Å². The number of benzene rings is 2. The van der Waals surface area contributed by atoms with Crippen LogP contribution in [0.15, 0.2) is 34.9 Å². The van der Waals surface area contributed by atoms with Crippen LogP contribution in [0.5, 0.6) is 0 Å². The summed E-state index contributed by atoms with van der Waals surface area (Å²) in [5, 5.41) is 27.1. The number of fused-ring (bicyclic) bond motifs is 3. The average molecular weight is 585 g/mol. The van der Waals surface area contributed by atoms with Crippen LogP contribution in [-0.4, -0.2) is 21.4 Å². The maximum absolute atomic E-state index is 14.6. The highest BCUT2D eigenvalue weighted by molar-refractivity contribution is 7.18. The molecule has 0 amide bonds. The standard InChI is InChI=1S/C29H24Cl2FN3O3S/c30-20-2-1-3-21(31)24(20)25-19(27(38-35-25)15-4-5-15)13-37-18-10-16-6-7-17(11-18)29(16,36)28-34-26-22(32)8-14(12-33)9-23(26)39-28/h1-3,8-9,15-18,36H,4-7,10-11,13H2/t16-,17+,18?,29?. The molecule has 2 heterocycles. The summed E-state index contributed by atoms with van der Waals surface area (Å²) in [4.78, 5) is 4.53. The van der Waals surface area contributed by atoms with E-state index in [0.717, 1.165) is 37.0 Å². The Balaban J connectivity index is 1.14. The predicted octanol–water partition coefficient (Wildman–Crippen LogP) is 7.74. The van der Waals surface area contributed by atoms with Crippen LogP contribution in [0.1, 0.15) is 66.3 Å². The van der Waals surface area contributed by atoms with Crippen molar-refractivity contribution in [2.24, 2.45) is 11.8 Å². The summed E-state index contributed by atoms with van der Waals surface area (Å²) >= 11 is 14.3. The summed E-state index contributed by atoms with van der Waals surface area (Å²) in [5.74, 6) is 0.532. The molecule has 3 saturated carbocycles. The zero-order chi connectivity index (χ0) is 26.9. The molecule has 1 N–H and O–H groups in total. The van der Waals surface area contributed by atoms with E-state index in [0.29, 0.717) is 56.4 Å². The normalized spacial score (nSPS) is 26.3. The molecule has 4 atom stereocenters. The van der Waals surface area contributed by atoms with Crippen LogP contribution in [-0.2, 0) is 16.9 Å². The SMILES string of the molecule is N#Cc1cc(F)c2nc(C3(O)[C@@H]4CC[C@H]3CC(OCc3c(-c5c(Cl)cccc5Cl)noc3C3CC3)C4)sc2c1. The Morgan fingerprint density at radius 3 is 2.54 bits per heavy atom. The molecule has 0 aliphatic heterocycles. The lowest BCUT2D eigenvalue weighted by Gasteiger charge is -2.41. The van der Waals surface area contributed by atoms with Crippen LogP contribution >= 0.6 is 34.5 Å². The number of halogens is 3. The fourth-order valence-corrected chi connectivity index (χ4v) is 8.31. The smallest absolute Gasteiger partial charge is 0.151 e. The minimum Gasteiger partial charge on any atom is -0.382 e. The quantitative estimate of drug-likeness (QED) is 0.249.